The fraction of sp³-hybridized carbons (Fsp3) is 0.688. The minimum atomic E-state index is -1.29. The third-order valence-electron chi connectivity index (χ3n) is 9.67. The fourth-order valence-electron chi connectivity index (χ4n) is 6.64. The van der Waals surface area contributed by atoms with Crippen LogP contribution in [0, 0.1) is 29.6 Å². The zero-order valence-corrected chi connectivity index (χ0v) is 25.3. The van der Waals surface area contributed by atoms with Crippen LogP contribution in [0.15, 0.2) is 30.3 Å². The van der Waals surface area contributed by atoms with Crippen molar-refractivity contribution in [2.24, 2.45) is 29.6 Å². The van der Waals surface area contributed by atoms with E-state index in [1.165, 1.54) is 5.56 Å². The molecule has 0 radical (unpaired) electrons. The zero-order valence-electron chi connectivity index (χ0n) is 25.3. The van der Waals surface area contributed by atoms with Gasteiger partial charge in [0.05, 0.1) is 11.6 Å². The second kappa shape index (κ2) is 12.8. The molecule has 2 aliphatic rings. The number of amides is 1. The van der Waals surface area contributed by atoms with Crippen molar-refractivity contribution < 1.29 is 33.4 Å². The van der Waals surface area contributed by atoms with Gasteiger partial charge in [-0.05, 0) is 64.4 Å². The molecule has 2 saturated heterocycles. The first-order valence-electron chi connectivity index (χ1n) is 14.7. The number of Topliss-reactive ketones (excluding diaryl/α,β-unsaturated/α-hetero) is 2. The summed E-state index contributed by atoms with van der Waals surface area (Å²) in [6.07, 6.45) is 1.30. The molecule has 1 aromatic rings. The van der Waals surface area contributed by atoms with Crippen LogP contribution < -0.4 is 5.32 Å². The van der Waals surface area contributed by atoms with Gasteiger partial charge in [0.25, 0.3) is 0 Å². The molecule has 40 heavy (non-hydrogen) atoms. The number of benzene rings is 1. The van der Waals surface area contributed by atoms with Crippen LogP contribution in [0.25, 0.3) is 0 Å². The number of alkyl carbamates (subject to hydrolysis) is 1. The van der Waals surface area contributed by atoms with Crippen LogP contribution in [-0.2, 0) is 35.0 Å². The maximum absolute atomic E-state index is 14.3. The minimum Gasteiger partial charge on any atom is -0.458 e. The van der Waals surface area contributed by atoms with Crippen molar-refractivity contribution in [1.82, 2.24) is 5.32 Å². The second-order valence-electron chi connectivity index (χ2n) is 12.2. The van der Waals surface area contributed by atoms with E-state index in [4.69, 9.17) is 14.2 Å². The van der Waals surface area contributed by atoms with Crippen LogP contribution in [0.2, 0.25) is 0 Å². The molecule has 0 unspecified atom stereocenters. The highest BCUT2D eigenvalue weighted by Gasteiger charge is 2.57. The largest absolute Gasteiger partial charge is 0.458 e. The Kier molecular flexibility index (Phi) is 10.2. The van der Waals surface area contributed by atoms with E-state index in [1.54, 1.807) is 27.9 Å². The molecule has 1 aromatic carbocycles. The number of cyclic esters (lactones) is 1. The molecular weight excluding hydrogens is 510 g/mol. The van der Waals surface area contributed by atoms with Crippen LogP contribution in [0.1, 0.15) is 79.7 Å². The van der Waals surface area contributed by atoms with E-state index in [1.807, 2.05) is 45.9 Å². The van der Waals surface area contributed by atoms with E-state index in [2.05, 4.69) is 17.4 Å². The Morgan fingerprint density at radius 3 is 2.25 bits per heavy atom. The number of carbonyl (C=O) groups is 4. The molecule has 9 atom stereocenters. The van der Waals surface area contributed by atoms with E-state index in [0.717, 1.165) is 12.8 Å². The van der Waals surface area contributed by atoms with Gasteiger partial charge in [0, 0.05) is 24.9 Å². The maximum atomic E-state index is 14.3. The molecule has 8 heteroatoms. The van der Waals surface area contributed by atoms with Gasteiger partial charge in [0.2, 0.25) is 0 Å². The highest BCUT2D eigenvalue weighted by Crippen LogP contribution is 2.41. The first-order chi connectivity index (χ1) is 18.8. The summed E-state index contributed by atoms with van der Waals surface area (Å²) in [4.78, 5) is 53.7. The molecule has 2 fully saturated rings. The van der Waals surface area contributed by atoms with Gasteiger partial charge in [0.1, 0.15) is 23.6 Å². The quantitative estimate of drug-likeness (QED) is 0.373. The van der Waals surface area contributed by atoms with Crippen molar-refractivity contribution in [2.45, 2.75) is 104 Å². The summed E-state index contributed by atoms with van der Waals surface area (Å²) in [5.74, 6) is -3.66. The summed E-state index contributed by atoms with van der Waals surface area (Å²) in [5, 5.41) is 2.90. The summed E-state index contributed by atoms with van der Waals surface area (Å²) in [6, 6.07) is 9.37. The predicted molar refractivity (Wildman–Crippen MR) is 152 cm³/mol. The Hall–Kier alpha value is -2.74. The molecule has 2 aliphatic heterocycles. The number of ketones is 2. The lowest BCUT2D eigenvalue weighted by atomic mass is 9.69. The van der Waals surface area contributed by atoms with E-state index in [-0.39, 0.29) is 17.5 Å². The van der Waals surface area contributed by atoms with Gasteiger partial charge in [-0.2, -0.15) is 0 Å². The number of hydrogen-bond acceptors (Lipinski definition) is 7. The molecule has 2 heterocycles. The predicted octanol–water partition coefficient (Wildman–Crippen LogP) is 5.31. The summed E-state index contributed by atoms with van der Waals surface area (Å²) in [6.45, 7) is 12.7. The lowest BCUT2D eigenvalue weighted by molar-refractivity contribution is -0.172. The van der Waals surface area contributed by atoms with Crippen molar-refractivity contribution >= 4 is 23.6 Å². The third-order valence-corrected chi connectivity index (χ3v) is 9.67. The summed E-state index contributed by atoms with van der Waals surface area (Å²) in [5.41, 5.74) is -0.908. The SMILES string of the molecule is CC[C@H]1OC(=O)[C@H](C)C(=O)[C@H](C)[C@@H](C)[C@](C)(OC)C[C@@H](C)C(=O)[C@H](CCCc2ccccc2)[C@H]2NC(=O)O[C@@]21C. The second-order valence-corrected chi connectivity index (χ2v) is 12.2. The Bertz CT molecular complexity index is 1070. The van der Waals surface area contributed by atoms with Gasteiger partial charge in [-0.1, -0.05) is 58.0 Å². The van der Waals surface area contributed by atoms with E-state index in [9.17, 15) is 19.2 Å². The average molecular weight is 558 g/mol. The molecule has 222 valence electrons. The van der Waals surface area contributed by atoms with Crippen LogP contribution >= 0.6 is 0 Å². The van der Waals surface area contributed by atoms with Crippen molar-refractivity contribution in [3.05, 3.63) is 35.9 Å². The van der Waals surface area contributed by atoms with Crippen molar-refractivity contribution in [3.63, 3.8) is 0 Å². The van der Waals surface area contributed by atoms with Crippen molar-refractivity contribution in [1.29, 1.82) is 0 Å². The molecule has 1 amide bonds. The molecule has 0 saturated carbocycles. The summed E-state index contributed by atoms with van der Waals surface area (Å²) in [7, 11) is 1.59. The number of rotatable bonds is 6. The monoisotopic (exact) mass is 557 g/mol. The van der Waals surface area contributed by atoms with Gasteiger partial charge in [-0.25, -0.2) is 4.79 Å². The number of carbonyl (C=O) groups excluding carboxylic acids is 4. The topological polar surface area (TPSA) is 108 Å². The van der Waals surface area contributed by atoms with E-state index in [0.29, 0.717) is 19.3 Å². The highest BCUT2D eigenvalue weighted by molar-refractivity contribution is 6.00. The van der Waals surface area contributed by atoms with Gasteiger partial charge in [-0.15, -0.1) is 0 Å². The lowest BCUT2D eigenvalue weighted by Crippen LogP contribution is -2.58. The minimum absolute atomic E-state index is 0.00357. The fourth-order valence-corrected chi connectivity index (χ4v) is 6.64. The number of fused-ring (bicyclic) bond motifs is 1. The van der Waals surface area contributed by atoms with E-state index < -0.39 is 59.1 Å². The highest BCUT2D eigenvalue weighted by atomic mass is 16.6. The van der Waals surface area contributed by atoms with Gasteiger partial charge in [0.15, 0.2) is 5.60 Å². The Balaban J connectivity index is 2.06. The molecule has 8 nitrogen and oxygen atoms in total. The normalized spacial score (nSPS) is 37.6. The molecule has 3 rings (SSSR count). The molecule has 0 spiro atoms. The number of nitrogens with one attached hydrogen (secondary N) is 1. The van der Waals surface area contributed by atoms with Crippen molar-refractivity contribution in [3.8, 4) is 0 Å². The van der Waals surface area contributed by atoms with E-state index >= 15 is 0 Å². The lowest BCUT2D eigenvalue weighted by Gasteiger charge is -2.42. The average Bonchev–Trinajstić information content (AvgIpc) is 3.25. The number of methoxy groups -OCH3 is 1. The Morgan fingerprint density at radius 2 is 1.65 bits per heavy atom. The zero-order chi connectivity index (χ0) is 29.8. The number of ether oxygens (including phenoxy) is 3. The molecule has 0 aromatic heterocycles. The number of hydrogen-bond donors (Lipinski definition) is 1. The molecular formula is C32H47NO7. The van der Waals surface area contributed by atoms with Crippen molar-refractivity contribution in [2.75, 3.05) is 7.11 Å². The van der Waals surface area contributed by atoms with Crippen LogP contribution in [0.5, 0.6) is 0 Å². The van der Waals surface area contributed by atoms with Gasteiger partial charge < -0.3 is 19.5 Å². The number of aryl methyl sites for hydroxylation is 1. The molecule has 1 N–H and O–H groups in total. The Morgan fingerprint density at radius 1 is 1.00 bits per heavy atom. The first kappa shape index (κ1) is 31.8. The smallest absolute Gasteiger partial charge is 0.408 e. The van der Waals surface area contributed by atoms with Crippen LogP contribution in [0.4, 0.5) is 4.79 Å². The van der Waals surface area contributed by atoms with Gasteiger partial charge >= 0.3 is 12.1 Å². The number of esters is 1. The standard InChI is InChI=1S/C32H47NO7/c1-9-25-32(7)28(33-30(37)40-32)24(17-13-16-23-14-11-10-12-15-23)26(34)19(2)18-31(6,38-8)22(5)20(3)27(35)21(4)29(36)39-25/h10-12,14-15,19-22,24-25,28H,9,13,16-18H2,1-8H3,(H,33,37)/t19-,20-,21-,22-,24+,25-,28-,31-,32-/m1/s1. The van der Waals surface area contributed by atoms with Gasteiger partial charge in [-0.3, -0.25) is 14.4 Å². The summed E-state index contributed by atoms with van der Waals surface area (Å²) < 4.78 is 17.7. The third kappa shape index (κ3) is 6.42. The van der Waals surface area contributed by atoms with Crippen LogP contribution in [0.3, 0.4) is 0 Å². The first-order valence-corrected chi connectivity index (χ1v) is 14.7. The van der Waals surface area contributed by atoms with Crippen LogP contribution in [-0.4, -0.2) is 54.1 Å². The molecule has 0 bridgehead atoms. The maximum Gasteiger partial charge on any atom is 0.408 e. The summed E-state index contributed by atoms with van der Waals surface area (Å²) >= 11 is 0. The Labute approximate surface area is 238 Å². The molecule has 0 aliphatic carbocycles.